The number of nitrogens with one attached hydrogen (secondary N) is 1. The van der Waals surface area contributed by atoms with Crippen LogP contribution in [0, 0.1) is 11.3 Å². The maximum Gasteiger partial charge on any atom is 0.328 e. The molecule has 7 heteroatoms. The van der Waals surface area contributed by atoms with Crippen molar-refractivity contribution in [2.45, 2.75) is 51.0 Å². The Morgan fingerprint density at radius 1 is 0.935 bits per heavy atom. The molecule has 1 saturated carbocycles. The molecule has 1 aromatic rings. The van der Waals surface area contributed by atoms with E-state index in [9.17, 15) is 9.59 Å². The average molecular weight is 426 g/mol. The van der Waals surface area contributed by atoms with Gasteiger partial charge < -0.3 is 15.5 Å². The molecular formula is C24H35N5O2. The third kappa shape index (κ3) is 4.44. The summed E-state index contributed by atoms with van der Waals surface area (Å²) in [6, 6.07) is 8.33. The van der Waals surface area contributed by atoms with Crippen molar-refractivity contribution in [3.05, 3.63) is 24.3 Å². The maximum absolute atomic E-state index is 12.0. The van der Waals surface area contributed by atoms with Crippen molar-refractivity contribution in [2.24, 2.45) is 17.1 Å². The predicted molar refractivity (Wildman–Crippen MR) is 122 cm³/mol. The van der Waals surface area contributed by atoms with Crippen molar-refractivity contribution >= 4 is 23.3 Å². The highest BCUT2D eigenvalue weighted by atomic mass is 16.2. The number of hydrogen-bond donors (Lipinski definition) is 2. The van der Waals surface area contributed by atoms with Crippen molar-refractivity contribution in [1.82, 2.24) is 10.2 Å². The van der Waals surface area contributed by atoms with Crippen LogP contribution in [0.2, 0.25) is 0 Å². The summed E-state index contributed by atoms with van der Waals surface area (Å²) in [7, 11) is 0. The number of nitrogens with zero attached hydrogens (tertiary/aromatic N) is 3. The van der Waals surface area contributed by atoms with Gasteiger partial charge in [0.15, 0.2) is 0 Å². The molecule has 5 rings (SSSR count). The van der Waals surface area contributed by atoms with Gasteiger partial charge in [0.25, 0.3) is 0 Å². The third-order valence-corrected chi connectivity index (χ3v) is 8.02. The molecule has 4 aliphatic rings. The molecule has 3 aliphatic heterocycles. The highest BCUT2D eigenvalue weighted by Gasteiger charge is 2.44. The van der Waals surface area contributed by atoms with Crippen LogP contribution in [-0.4, -0.2) is 62.1 Å². The average Bonchev–Trinajstić information content (AvgIpc) is 2.75. The summed E-state index contributed by atoms with van der Waals surface area (Å²) < 4.78 is 0. The maximum atomic E-state index is 12.0. The first-order valence-corrected chi connectivity index (χ1v) is 11.9. The molecule has 168 valence electrons. The van der Waals surface area contributed by atoms with Crippen LogP contribution in [0.25, 0.3) is 0 Å². The minimum Gasteiger partial charge on any atom is -0.372 e. The molecule has 0 aromatic heterocycles. The summed E-state index contributed by atoms with van der Waals surface area (Å²) in [5.74, 6) is 0.597. The number of likely N-dealkylation sites (tertiary alicyclic amines) is 1. The topological polar surface area (TPSA) is 81.9 Å². The molecule has 0 atom stereocenters. The first kappa shape index (κ1) is 20.8. The first-order chi connectivity index (χ1) is 15.0. The van der Waals surface area contributed by atoms with Gasteiger partial charge in [0, 0.05) is 50.0 Å². The second kappa shape index (κ2) is 8.43. The van der Waals surface area contributed by atoms with E-state index in [4.69, 9.17) is 5.73 Å². The molecule has 7 nitrogen and oxygen atoms in total. The number of piperidine rings is 2. The van der Waals surface area contributed by atoms with Crippen LogP contribution < -0.4 is 20.9 Å². The summed E-state index contributed by atoms with van der Waals surface area (Å²) >= 11 is 0. The van der Waals surface area contributed by atoms with E-state index in [1.54, 1.807) is 4.90 Å². The molecule has 4 fully saturated rings. The Kier molecular flexibility index (Phi) is 5.65. The van der Waals surface area contributed by atoms with Gasteiger partial charge in [0.05, 0.1) is 0 Å². The van der Waals surface area contributed by atoms with Crippen LogP contribution >= 0.6 is 0 Å². The second-order valence-corrected chi connectivity index (χ2v) is 10.2. The third-order valence-electron chi connectivity index (χ3n) is 8.02. The molecule has 3 heterocycles. The summed E-state index contributed by atoms with van der Waals surface area (Å²) in [4.78, 5) is 30.2. The highest BCUT2D eigenvalue weighted by Crippen LogP contribution is 2.48. The molecule has 1 aromatic carbocycles. The van der Waals surface area contributed by atoms with E-state index in [-0.39, 0.29) is 11.9 Å². The Morgan fingerprint density at radius 3 is 2.19 bits per heavy atom. The van der Waals surface area contributed by atoms with E-state index in [2.05, 4.69) is 27.2 Å². The lowest BCUT2D eigenvalue weighted by Gasteiger charge is -2.51. The van der Waals surface area contributed by atoms with E-state index in [0.717, 1.165) is 24.7 Å². The van der Waals surface area contributed by atoms with Crippen LogP contribution in [0.3, 0.4) is 0 Å². The lowest BCUT2D eigenvalue weighted by Crippen LogP contribution is -2.52. The summed E-state index contributed by atoms with van der Waals surface area (Å²) in [5.41, 5.74) is 8.69. The predicted octanol–water partition coefficient (Wildman–Crippen LogP) is 2.55. The van der Waals surface area contributed by atoms with Crippen molar-refractivity contribution in [2.75, 3.05) is 49.1 Å². The van der Waals surface area contributed by atoms with E-state index in [1.807, 2.05) is 12.1 Å². The van der Waals surface area contributed by atoms with E-state index < -0.39 is 0 Å². The lowest BCUT2D eigenvalue weighted by atomic mass is 9.60. The van der Waals surface area contributed by atoms with Crippen molar-refractivity contribution in [3.8, 4) is 0 Å². The van der Waals surface area contributed by atoms with Gasteiger partial charge >= 0.3 is 6.03 Å². The van der Waals surface area contributed by atoms with Crippen molar-refractivity contribution < 1.29 is 9.59 Å². The monoisotopic (exact) mass is 425 g/mol. The molecule has 0 unspecified atom stereocenters. The molecule has 3 saturated heterocycles. The van der Waals surface area contributed by atoms with Crippen LogP contribution in [0.5, 0.6) is 0 Å². The zero-order valence-corrected chi connectivity index (χ0v) is 18.4. The largest absolute Gasteiger partial charge is 0.372 e. The van der Waals surface area contributed by atoms with Gasteiger partial charge in [-0.3, -0.25) is 15.0 Å². The number of amides is 3. The zero-order valence-electron chi connectivity index (χ0n) is 18.4. The second-order valence-electron chi connectivity index (χ2n) is 10.2. The molecule has 3 amide bonds. The minimum atomic E-state index is -0.325. The number of nitrogens with two attached hydrogens (primary N) is 1. The van der Waals surface area contributed by atoms with Crippen LogP contribution in [0.1, 0.15) is 44.9 Å². The van der Waals surface area contributed by atoms with E-state index in [1.165, 1.54) is 63.8 Å². The molecule has 0 bridgehead atoms. The number of hydrogen-bond acceptors (Lipinski definition) is 5. The molecule has 1 spiro atoms. The minimum absolute atomic E-state index is 0.197. The number of carbonyl (C=O) groups is 2. The van der Waals surface area contributed by atoms with E-state index in [0.29, 0.717) is 24.4 Å². The van der Waals surface area contributed by atoms with Gasteiger partial charge in [-0.2, -0.15) is 0 Å². The van der Waals surface area contributed by atoms with Gasteiger partial charge in [-0.1, -0.05) is 0 Å². The van der Waals surface area contributed by atoms with Gasteiger partial charge in [-0.05, 0) is 87.2 Å². The number of benzene rings is 1. The van der Waals surface area contributed by atoms with Gasteiger partial charge in [0.2, 0.25) is 5.91 Å². The fourth-order valence-corrected chi connectivity index (χ4v) is 6.06. The fraction of sp³-hybridized carbons (Fsp3) is 0.667. The Morgan fingerprint density at radius 2 is 1.58 bits per heavy atom. The SMILES string of the molecule is NC1CC2(CCN(CC3CCN(c4ccc(N5CCC(=O)NC5=O)cc4)CC3)CC2)C1. The number of imide groups is 1. The summed E-state index contributed by atoms with van der Waals surface area (Å²) in [6.07, 6.45) is 8.02. The van der Waals surface area contributed by atoms with Crippen LogP contribution in [0.4, 0.5) is 16.2 Å². The summed E-state index contributed by atoms with van der Waals surface area (Å²) in [6.45, 7) is 6.39. The van der Waals surface area contributed by atoms with E-state index >= 15 is 0 Å². The standard InChI is InChI=1S/C24H35N5O2/c25-19-15-24(16-19)8-13-27(14-9-24)17-18-5-10-28(11-6-18)20-1-3-21(4-2-20)29-12-7-22(30)26-23(29)31/h1-4,18-19H,5-17,25H2,(H,26,30,31). The number of anilines is 2. The zero-order chi connectivity index (χ0) is 21.4. The normalized spacial score (nSPS) is 25.6. The van der Waals surface area contributed by atoms with Gasteiger partial charge in [-0.25, -0.2) is 4.79 Å². The molecular weight excluding hydrogens is 390 g/mol. The molecule has 31 heavy (non-hydrogen) atoms. The highest BCUT2D eigenvalue weighted by molar-refractivity contribution is 6.05. The van der Waals surface area contributed by atoms with Crippen molar-refractivity contribution in [3.63, 3.8) is 0 Å². The Bertz CT molecular complexity index is 802. The first-order valence-electron chi connectivity index (χ1n) is 11.9. The van der Waals surface area contributed by atoms with Gasteiger partial charge in [-0.15, -0.1) is 0 Å². The quantitative estimate of drug-likeness (QED) is 0.775. The number of rotatable bonds is 4. The van der Waals surface area contributed by atoms with Crippen LogP contribution in [-0.2, 0) is 4.79 Å². The van der Waals surface area contributed by atoms with Gasteiger partial charge in [0.1, 0.15) is 0 Å². The summed E-state index contributed by atoms with van der Waals surface area (Å²) in [5, 5.41) is 2.39. The molecule has 1 aliphatic carbocycles. The Labute approximate surface area is 184 Å². The van der Waals surface area contributed by atoms with Crippen molar-refractivity contribution in [1.29, 1.82) is 0 Å². The number of carbonyl (C=O) groups excluding carboxylic acids is 2. The smallest absolute Gasteiger partial charge is 0.328 e. The Balaban J connectivity index is 1.08. The Hall–Kier alpha value is -2.12. The number of urea groups is 1. The lowest BCUT2D eigenvalue weighted by molar-refractivity contribution is -0.120. The van der Waals surface area contributed by atoms with Crippen LogP contribution in [0.15, 0.2) is 24.3 Å². The fourth-order valence-electron chi connectivity index (χ4n) is 6.06. The molecule has 0 radical (unpaired) electrons. The molecule has 3 N–H and O–H groups in total.